The molecule has 2 aromatic rings. The minimum Gasteiger partial charge on any atom is -0.305 e. The molecule has 0 saturated heterocycles. The number of aromatic nitrogens is 2. The number of nitrogens with zero attached hydrogens (tertiary/aromatic N) is 2. The maximum absolute atomic E-state index is 4.67. The summed E-state index contributed by atoms with van der Waals surface area (Å²) in [5.41, 5.74) is 3.47. The van der Waals surface area contributed by atoms with E-state index in [1.165, 1.54) is 5.56 Å². The predicted octanol–water partition coefficient (Wildman–Crippen LogP) is 3.70. The van der Waals surface area contributed by atoms with Crippen molar-refractivity contribution in [2.24, 2.45) is 0 Å². The minimum absolute atomic E-state index is 0.102. The molecule has 0 aliphatic carbocycles. The summed E-state index contributed by atoms with van der Waals surface area (Å²) in [6.07, 6.45) is 4.15. The fraction of sp³-hybridized carbons (Fsp3) is 0.417. The Hall–Kier alpha value is -0.830. The van der Waals surface area contributed by atoms with Crippen molar-refractivity contribution >= 4 is 21.6 Å². The smallest absolute Gasteiger partial charge is 0.140 e. The molecule has 0 radical (unpaired) electrons. The maximum Gasteiger partial charge on any atom is 0.140 e. The average molecular weight is 267 g/mol. The Bertz CT molecular complexity index is 506. The summed E-state index contributed by atoms with van der Waals surface area (Å²) < 4.78 is 3.17. The molecule has 3 heteroatoms. The lowest BCUT2D eigenvalue weighted by Gasteiger charge is -2.13. The first-order valence-corrected chi connectivity index (χ1v) is 5.82. The first-order valence-electron chi connectivity index (χ1n) is 5.03. The minimum atomic E-state index is 0.102. The molecule has 0 spiro atoms. The molecule has 0 saturated carbocycles. The monoisotopic (exact) mass is 266 g/mol. The van der Waals surface area contributed by atoms with Gasteiger partial charge in [-0.05, 0) is 34.5 Å². The molecule has 15 heavy (non-hydrogen) atoms. The zero-order valence-corrected chi connectivity index (χ0v) is 11.1. The van der Waals surface area contributed by atoms with Gasteiger partial charge in [0.15, 0.2) is 0 Å². The summed E-state index contributed by atoms with van der Waals surface area (Å²) in [5.74, 6) is 0. The van der Waals surface area contributed by atoms with Gasteiger partial charge in [0.1, 0.15) is 5.65 Å². The van der Waals surface area contributed by atoms with Crippen LogP contribution in [0.2, 0.25) is 0 Å². The van der Waals surface area contributed by atoms with Crippen LogP contribution in [-0.2, 0) is 5.41 Å². The van der Waals surface area contributed by atoms with Crippen molar-refractivity contribution in [3.63, 3.8) is 0 Å². The highest BCUT2D eigenvalue weighted by atomic mass is 79.9. The van der Waals surface area contributed by atoms with E-state index in [-0.39, 0.29) is 5.41 Å². The summed E-state index contributed by atoms with van der Waals surface area (Å²) >= 11 is 3.49. The van der Waals surface area contributed by atoms with E-state index in [1.54, 1.807) is 0 Å². The Morgan fingerprint density at radius 2 is 1.93 bits per heavy atom. The van der Waals surface area contributed by atoms with Crippen molar-refractivity contribution in [3.05, 3.63) is 34.2 Å². The lowest BCUT2D eigenvalue weighted by Crippen LogP contribution is -2.11. The zero-order chi connectivity index (χ0) is 11.2. The van der Waals surface area contributed by atoms with E-state index in [2.05, 4.69) is 65.3 Å². The van der Waals surface area contributed by atoms with Gasteiger partial charge in [-0.2, -0.15) is 0 Å². The van der Waals surface area contributed by atoms with E-state index in [0.29, 0.717) is 0 Å². The first-order chi connectivity index (χ1) is 6.88. The Morgan fingerprint density at radius 3 is 2.53 bits per heavy atom. The van der Waals surface area contributed by atoms with Crippen LogP contribution in [0.15, 0.2) is 22.9 Å². The molecule has 2 rings (SSSR count). The van der Waals surface area contributed by atoms with Gasteiger partial charge in [-0.15, -0.1) is 0 Å². The van der Waals surface area contributed by atoms with Gasteiger partial charge in [-0.25, -0.2) is 4.98 Å². The second kappa shape index (κ2) is 3.34. The molecule has 0 aliphatic rings. The van der Waals surface area contributed by atoms with Crippen molar-refractivity contribution in [2.75, 3.05) is 0 Å². The standard InChI is InChI=1S/C12H15BrN2/c1-8-5-9(13)6-15-7-10(12(2,3)4)14-11(8)15/h5-7H,1-4H3. The largest absolute Gasteiger partial charge is 0.305 e. The van der Waals surface area contributed by atoms with Crippen LogP contribution in [0.1, 0.15) is 32.0 Å². The third kappa shape index (κ3) is 1.93. The van der Waals surface area contributed by atoms with E-state index in [9.17, 15) is 0 Å². The Kier molecular flexibility index (Phi) is 2.38. The second-order valence-corrected chi connectivity index (χ2v) is 5.86. The van der Waals surface area contributed by atoms with Crippen LogP contribution in [0.4, 0.5) is 0 Å². The van der Waals surface area contributed by atoms with Crippen molar-refractivity contribution in [1.29, 1.82) is 0 Å². The molecule has 0 aromatic carbocycles. The van der Waals surface area contributed by atoms with Gasteiger partial charge in [0.25, 0.3) is 0 Å². The fourth-order valence-electron chi connectivity index (χ4n) is 1.59. The van der Waals surface area contributed by atoms with Gasteiger partial charge >= 0.3 is 0 Å². The van der Waals surface area contributed by atoms with Crippen LogP contribution in [0, 0.1) is 6.92 Å². The number of pyridine rings is 1. The van der Waals surface area contributed by atoms with Crippen LogP contribution >= 0.6 is 15.9 Å². The number of aryl methyl sites for hydroxylation is 1. The van der Waals surface area contributed by atoms with E-state index in [4.69, 9.17) is 0 Å². The lowest BCUT2D eigenvalue weighted by atomic mass is 9.93. The SMILES string of the molecule is Cc1cc(Br)cn2cc(C(C)(C)C)nc12. The summed E-state index contributed by atoms with van der Waals surface area (Å²) in [5, 5.41) is 0. The van der Waals surface area contributed by atoms with Gasteiger partial charge in [0.2, 0.25) is 0 Å². The Balaban J connectivity index is 2.71. The number of halogens is 1. The molecule has 2 aromatic heterocycles. The molecule has 0 fully saturated rings. The highest BCUT2D eigenvalue weighted by Gasteiger charge is 2.18. The van der Waals surface area contributed by atoms with Crippen LogP contribution < -0.4 is 0 Å². The number of hydrogen-bond acceptors (Lipinski definition) is 1. The topological polar surface area (TPSA) is 17.3 Å². The molecule has 0 amide bonds. The molecule has 0 unspecified atom stereocenters. The van der Waals surface area contributed by atoms with Gasteiger partial charge in [0, 0.05) is 22.3 Å². The molecular weight excluding hydrogens is 252 g/mol. The van der Waals surface area contributed by atoms with Crippen molar-refractivity contribution < 1.29 is 0 Å². The third-order valence-corrected chi connectivity index (χ3v) is 2.90. The van der Waals surface area contributed by atoms with E-state index in [1.807, 2.05) is 6.20 Å². The first kappa shape index (κ1) is 10.7. The van der Waals surface area contributed by atoms with Crippen LogP contribution in [0.25, 0.3) is 5.65 Å². The maximum atomic E-state index is 4.67. The second-order valence-electron chi connectivity index (χ2n) is 4.95. The number of fused-ring (bicyclic) bond motifs is 1. The molecule has 2 heterocycles. The molecule has 2 nitrogen and oxygen atoms in total. The van der Waals surface area contributed by atoms with Crippen LogP contribution in [-0.4, -0.2) is 9.38 Å². The van der Waals surface area contributed by atoms with Gasteiger partial charge < -0.3 is 4.40 Å². The highest BCUT2D eigenvalue weighted by Crippen LogP contribution is 2.24. The molecule has 0 atom stereocenters. The average Bonchev–Trinajstić information content (AvgIpc) is 2.46. The predicted molar refractivity (Wildman–Crippen MR) is 66.3 cm³/mol. The summed E-state index contributed by atoms with van der Waals surface area (Å²) in [6, 6.07) is 2.09. The molecule has 0 bridgehead atoms. The number of rotatable bonds is 0. The third-order valence-electron chi connectivity index (χ3n) is 2.47. The van der Waals surface area contributed by atoms with Gasteiger partial charge in [0.05, 0.1) is 5.69 Å². The van der Waals surface area contributed by atoms with Crippen molar-refractivity contribution in [3.8, 4) is 0 Å². The van der Waals surface area contributed by atoms with E-state index < -0.39 is 0 Å². The number of imidazole rings is 1. The van der Waals surface area contributed by atoms with E-state index in [0.717, 1.165) is 15.8 Å². The molecule has 80 valence electrons. The lowest BCUT2D eigenvalue weighted by molar-refractivity contribution is 0.573. The van der Waals surface area contributed by atoms with Crippen molar-refractivity contribution in [1.82, 2.24) is 9.38 Å². The Morgan fingerprint density at radius 1 is 1.27 bits per heavy atom. The van der Waals surface area contributed by atoms with Crippen LogP contribution in [0.3, 0.4) is 0 Å². The molecular formula is C12H15BrN2. The Labute approximate surface area is 98.5 Å². The van der Waals surface area contributed by atoms with Crippen LogP contribution in [0.5, 0.6) is 0 Å². The normalized spacial score (nSPS) is 12.3. The zero-order valence-electron chi connectivity index (χ0n) is 9.50. The summed E-state index contributed by atoms with van der Waals surface area (Å²) in [7, 11) is 0. The van der Waals surface area contributed by atoms with Gasteiger partial charge in [-0.3, -0.25) is 0 Å². The number of hydrogen-bond donors (Lipinski definition) is 0. The van der Waals surface area contributed by atoms with E-state index >= 15 is 0 Å². The molecule has 0 aliphatic heterocycles. The molecule has 0 N–H and O–H groups in total. The summed E-state index contributed by atoms with van der Waals surface area (Å²) in [4.78, 5) is 4.67. The summed E-state index contributed by atoms with van der Waals surface area (Å²) in [6.45, 7) is 8.62. The van der Waals surface area contributed by atoms with Crippen molar-refractivity contribution in [2.45, 2.75) is 33.1 Å². The van der Waals surface area contributed by atoms with Gasteiger partial charge in [-0.1, -0.05) is 20.8 Å². The fourth-order valence-corrected chi connectivity index (χ4v) is 2.15. The quantitative estimate of drug-likeness (QED) is 0.711. The highest BCUT2D eigenvalue weighted by molar-refractivity contribution is 9.10.